The topological polar surface area (TPSA) is 57.7 Å². The fraction of sp³-hybridized carbons (Fsp3) is 0.737. The first-order valence-electron chi connectivity index (χ1n) is 8.85. The normalized spacial score (nSPS) is 18.3. The molecule has 0 saturated carbocycles. The molecule has 134 valence electrons. The van der Waals surface area contributed by atoms with Crippen molar-refractivity contribution in [3.63, 3.8) is 0 Å². The number of carbonyl (C=O) groups excluding carboxylic acids is 3. The molecule has 0 aromatic heterocycles. The fourth-order valence-electron chi connectivity index (χ4n) is 3.22. The Morgan fingerprint density at radius 2 is 2.00 bits per heavy atom. The van der Waals surface area contributed by atoms with Crippen LogP contribution in [0.2, 0.25) is 0 Å². The Hall–Kier alpha value is -1.83. The van der Waals surface area contributed by atoms with Crippen LogP contribution in [0.5, 0.6) is 0 Å². The zero-order valence-corrected chi connectivity index (χ0v) is 15.4. The number of amides is 2. The number of hydrogen-bond donors (Lipinski definition) is 0. The van der Waals surface area contributed by atoms with E-state index in [-0.39, 0.29) is 24.0 Å². The number of carbonyl (C=O) groups is 3. The summed E-state index contributed by atoms with van der Waals surface area (Å²) in [4.78, 5) is 40.7. The third-order valence-corrected chi connectivity index (χ3v) is 4.57. The average Bonchev–Trinajstić information content (AvgIpc) is 3.04. The molecule has 0 radical (unpaired) electrons. The molecule has 0 unspecified atom stereocenters. The number of hydrogen-bond acceptors (Lipinski definition) is 3. The van der Waals surface area contributed by atoms with Crippen molar-refractivity contribution in [2.45, 2.75) is 71.4 Å². The van der Waals surface area contributed by atoms with E-state index < -0.39 is 12.1 Å². The van der Waals surface area contributed by atoms with E-state index in [1.54, 1.807) is 16.8 Å². The van der Waals surface area contributed by atoms with E-state index in [9.17, 15) is 14.4 Å². The number of nitrogens with zero attached hydrogens (tertiary/aromatic N) is 2. The summed E-state index contributed by atoms with van der Waals surface area (Å²) < 4.78 is 0. The van der Waals surface area contributed by atoms with Crippen LogP contribution in [0.3, 0.4) is 0 Å². The quantitative estimate of drug-likeness (QED) is 0.640. The Kier molecular flexibility index (Phi) is 7.97. The molecule has 1 fully saturated rings. The molecular weight excluding hydrogens is 304 g/mol. The third kappa shape index (κ3) is 5.09. The Morgan fingerprint density at radius 1 is 1.33 bits per heavy atom. The van der Waals surface area contributed by atoms with E-state index in [1.807, 2.05) is 20.8 Å². The lowest BCUT2D eigenvalue weighted by Crippen LogP contribution is -2.51. The molecule has 1 aliphatic rings. The lowest BCUT2D eigenvalue weighted by molar-refractivity contribution is -0.146. The molecule has 5 heteroatoms. The molecule has 0 bridgehead atoms. The first-order valence-corrected chi connectivity index (χ1v) is 8.85. The summed E-state index contributed by atoms with van der Waals surface area (Å²) in [5, 5.41) is 0. The number of likely N-dealkylation sites (N-methyl/N-ethyl adjacent to an activating group) is 1. The lowest BCUT2D eigenvalue weighted by Gasteiger charge is -2.33. The monoisotopic (exact) mass is 334 g/mol. The summed E-state index contributed by atoms with van der Waals surface area (Å²) in [6.45, 7) is 6.49. The standard InChI is InChI=1S/C19H30N2O3/c1-6-8-11-18(23)21-12-9-10-15(21)19(24)20(5)16(13-14(3)4)17(22)7-2/h1,14-16H,7-13H2,2-5H3/t15-,16+/m0/s1. The summed E-state index contributed by atoms with van der Waals surface area (Å²) >= 11 is 0. The van der Waals surface area contributed by atoms with Crippen LogP contribution in [0, 0.1) is 18.3 Å². The SMILES string of the molecule is C#CCCC(=O)N1CCC[C@H]1C(=O)N(C)[C@H](CC(C)C)C(=O)CC. The zero-order chi connectivity index (χ0) is 18.3. The molecule has 24 heavy (non-hydrogen) atoms. The molecule has 1 rings (SSSR count). The Labute approximate surface area is 145 Å². The summed E-state index contributed by atoms with van der Waals surface area (Å²) in [5.74, 6) is 2.65. The Bertz CT molecular complexity index is 507. The van der Waals surface area contributed by atoms with Crippen molar-refractivity contribution in [3.8, 4) is 12.3 Å². The van der Waals surface area contributed by atoms with Gasteiger partial charge < -0.3 is 9.80 Å². The molecule has 2 amide bonds. The maximum absolute atomic E-state index is 12.9. The summed E-state index contributed by atoms with van der Waals surface area (Å²) in [6.07, 6.45) is 8.39. The molecule has 0 aromatic carbocycles. The van der Waals surface area contributed by atoms with Gasteiger partial charge in [-0.15, -0.1) is 12.3 Å². The smallest absolute Gasteiger partial charge is 0.245 e. The van der Waals surface area contributed by atoms with E-state index in [1.165, 1.54) is 0 Å². The second-order valence-electron chi connectivity index (χ2n) is 6.86. The van der Waals surface area contributed by atoms with Crippen molar-refractivity contribution in [2.75, 3.05) is 13.6 Å². The highest BCUT2D eigenvalue weighted by Gasteiger charge is 2.38. The van der Waals surface area contributed by atoms with Gasteiger partial charge in [-0.05, 0) is 25.2 Å². The van der Waals surface area contributed by atoms with E-state index in [2.05, 4.69) is 5.92 Å². The van der Waals surface area contributed by atoms with Crippen molar-refractivity contribution in [1.82, 2.24) is 9.80 Å². The van der Waals surface area contributed by atoms with Crippen LogP contribution in [-0.2, 0) is 14.4 Å². The minimum Gasteiger partial charge on any atom is -0.334 e. The number of rotatable bonds is 8. The average molecular weight is 334 g/mol. The predicted molar refractivity (Wildman–Crippen MR) is 94.1 cm³/mol. The molecular formula is C19H30N2O3. The molecule has 0 spiro atoms. The van der Waals surface area contributed by atoms with Crippen LogP contribution in [0.1, 0.15) is 59.3 Å². The van der Waals surface area contributed by atoms with Crippen LogP contribution in [0.4, 0.5) is 0 Å². The van der Waals surface area contributed by atoms with Gasteiger partial charge in [0.15, 0.2) is 5.78 Å². The van der Waals surface area contributed by atoms with Crippen LogP contribution >= 0.6 is 0 Å². The van der Waals surface area contributed by atoms with Gasteiger partial charge in [-0.1, -0.05) is 20.8 Å². The van der Waals surface area contributed by atoms with Crippen LogP contribution in [-0.4, -0.2) is 53.1 Å². The molecule has 1 aliphatic heterocycles. The summed E-state index contributed by atoms with van der Waals surface area (Å²) in [5.41, 5.74) is 0. The Morgan fingerprint density at radius 3 is 2.54 bits per heavy atom. The highest BCUT2D eigenvalue weighted by atomic mass is 16.2. The third-order valence-electron chi connectivity index (χ3n) is 4.57. The minimum absolute atomic E-state index is 0.0700. The van der Waals surface area contributed by atoms with Gasteiger partial charge in [0, 0.05) is 32.9 Å². The van der Waals surface area contributed by atoms with Gasteiger partial charge in [0.2, 0.25) is 11.8 Å². The maximum Gasteiger partial charge on any atom is 0.245 e. The van der Waals surface area contributed by atoms with Crippen molar-refractivity contribution in [1.29, 1.82) is 0 Å². The van der Waals surface area contributed by atoms with Crippen LogP contribution in [0.25, 0.3) is 0 Å². The first-order chi connectivity index (χ1) is 11.3. The fourth-order valence-corrected chi connectivity index (χ4v) is 3.22. The van der Waals surface area contributed by atoms with Crippen molar-refractivity contribution in [3.05, 3.63) is 0 Å². The zero-order valence-electron chi connectivity index (χ0n) is 15.4. The van der Waals surface area contributed by atoms with Crippen LogP contribution in [0.15, 0.2) is 0 Å². The second kappa shape index (κ2) is 9.46. The van der Waals surface area contributed by atoms with E-state index in [0.717, 1.165) is 6.42 Å². The predicted octanol–water partition coefficient (Wildman–Crippen LogP) is 2.24. The van der Waals surface area contributed by atoms with Gasteiger partial charge in [0.1, 0.15) is 6.04 Å². The van der Waals surface area contributed by atoms with Crippen molar-refractivity contribution in [2.24, 2.45) is 5.92 Å². The molecule has 1 saturated heterocycles. The van der Waals surface area contributed by atoms with Gasteiger partial charge in [0.05, 0.1) is 6.04 Å². The van der Waals surface area contributed by atoms with E-state index in [4.69, 9.17) is 6.42 Å². The van der Waals surface area contributed by atoms with Crippen LogP contribution < -0.4 is 0 Å². The molecule has 1 heterocycles. The number of Topliss-reactive ketones (excluding diaryl/α,β-unsaturated/α-hetero) is 1. The highest BCUT2D eigenvalue weighted by Crippen LogP contribution is 2.23. The first kappa shape index (κ1) is 20.2. The van der Waals surface area contributed by atoms with Crippen molar-refractivity contribution < 1.29 is 14.4 Å². The summed E-state index contributed by atoms with van der Waals surface area (Å²) in [7, 11) is 1.69. The number of ketones is 1. The van der Waals surface area contributed by atoms with Gasteiger partial charge in [-0.3, -0.25) is 14.4 Å². The van der Waals surface area contributed by atoms with Gasteiger partial charge in [-0.2, -0.15) is 0 Å². The number of likely N-dealkylation sites (tertiary alicyclic amines) is 1. The van der Waals surface area contributed by atoms with Gasteiger partial charge >= 0.3 is 0 Å². The van der Waals surface area contributed by atoms with Gasteiger partial charge in [-0.25, -0.2) is 0 Å². The van der Waals surface area contributed by atoms with E-state index in [0.29, 0.717) is 38.1 Å². The van der Waals surface area contributed by atoms with Crippen molar-refractivity contribution >= 4 is 17.6 Å². The lowest BCUT2D eigenvalue weighted by atomic mass is 9.97. The maximum atomic E-state index is 12.9. The molecule has 0 aliphatic carbocycles. The molecule has 0 aromatic rings. The number of terminal acetylenes is 1. The largest absolute Gasteiger partial charge is 0.334 e. The molecule has 0 N–H and O–H groups in total. The highest BCUT2D eigenvalue weighted by molar-refractivity contribution is 5.93. The summed E-state index contributed by atoms with van der Waals surface area (Å²) in [6, 6.07) is -0.870. The van der Waals surface area contributed by atoms with Gasteiger partial charge in [0.25, 0.3) is 0 Å². The molecule has 5 nitrogen and oxygen atoms in total. The minimum atomic E-state index is -0.459. The van der Waals surface area contributed by atoms with E-state index >= 15 is 0 Å². The second-order valence-corrected chi connectivity index (χ2v) is 6.86. The molecule has 2 atom stereocenters. The Balaban J connectivity index is 2.86.